The van der Waals surface area contributed by atoms with Crippen LogP contribution in [0.2, 0.25) is 0 Å². The molecule has 63 heavy (non-hydrogen) atoms. The molecule has 3 heterocycles. The summed E-state index contributed by atoms with van der Waals surface area (Å²) in [5.41, 5.74) is 12.2. The second kappa shape index (κ2) is 15.9. The summed E-state index contributed by atoms with van der Waals surface area (Å²) < 4.78 is 15.0. The molecule has 0 aliphatic carbocycles. The van der Waals surface area contributed by atoms with Crippen LogP contribution in [0.5, 0.6) is 0 Å². The molecule has 0 saturated carbocycles. The molecular formula is C57H40N4O2. The van der Waals surface area contributed by atoms with E-state index < -0.39 is 0 Å². The lowest BCUT2D eigenvalue weighted by molar-refractivity contribution is 0.668. The van der Waals surface area contributed by atoms with Gasteiger partial charge in [0.15, 0.2) is 5.84 Å². The molecule has 0 amide bonds. The van der Waals surface area contributed by atoms with E-state index in [1.165, 1.54) is 5.56 Å². The Balaban J connectivity index is 1.09. The molecule has 8 aromatic carbocycles. The second-order valence-electron chi connectivity index (χ2n) is 15.8. The molecule has 0 unspecified atom stereocenters. The molecule has 300 valence electrons. The minimum atomic E-state index is 0.111. The molecule has 1 N–H and O–H groups in total. The molecule has 6 heteroatoms. The van der Waals surface area contributed by atoms with Crippen molar-refractivity contribution in [3.8, 4) is 0 Å². The number of hydrogen-bond donors (Lipinski definition) is 1. The topological polar surface area (TPSA) is 79.8 Å². The number of nitrogens with one attached hydrogen (secondary N) is 1. The van der Waals surface area contributed by atoms with Gasteiger partial charge in [-0.25, -0.2) is 9.98 Å². The van der Waals surface area contributed by atoms with E-state index >= 15 is 0 Å². The standard InChI is InChI=1S/C57H40N4O2/c1-37(56(58)60-57(41-21-9-4-10-22-41)59-36-39-29-30-43-42-23-12-15-27-50(42)63-53(43)35-39)33-46(40-19-7-3-8-20-40)49(34-38-17-5-2-6-18-38)61-47-26-14-11-24-44(47)54-48(61)31-32-52-55(54)45-25-13-16-28-51(45)62-52/h2-33,35-36,58H,34H2,1H3/b37-33+,49-46-,58-56?,59-36?,60-57?. The Bertz CT molecular complexity index is 3660. The highest BCUT2D eigenvalue weighted by molar-refractivity contribution is 6.28. The molecule has 0 radical (unpaired) electrons. The van der Waals surface area contributed by atoms with Crippen molar-refractivity contribution >= 4 is 94.8 Å². The van der Waals surface area contributed by atoms with Crippen molar-refractivity contribution in [2.45, 2.75) is 13.3 Å². The maximum absolute atomic E-state index is 9.55. The molecule has 0 bridgehead atoms. The smallest absolute Gasteiger partial charge is 0.161 e. The number of aliphatic imine (C=N–C) groups is 2. The van der Waals surface area contributed by atoms with E-state index in [2.05, 4.69) is 126 Å². The van der Waals surface area contributed by atoms with Crippen LogP contribution in [0.3, 0.4) is 0 Å². The summed E-state index contributed by atoms with van der Waals surface area (Å²) in [5.74, 6) is 0.548. The number of aromatic nitrogens is 1. The number of fused-ring (bicyclic) bond motifs is 10. The molecule has 0 fully saturated rings. The SMILES string of the molecule is C/C(=C\C(=C(/Cc1ccccc1)n1c2ccccc2c2c3c(ccc21)oc1ccccc13)c1ccccc1)C(=N)N=C(N=Cc1ccc2c(c1)oc1ccccc12)c1ccccc1. The van der Waals surface area contributed by atoms with E-state index in [1.54, 1.807) is 6.21 Å². The van der Waals surface area contributed by atoms with Crippen LogP contribution in [-0.4, -0.2) is 22.5 Å². The monoisotopic (exact) mass is 812 g/mol. The van der Waals surface area contributed by atoms with Crippen molar-refractivity contribution in [2.75, 3.05) is 0 Å². The highest BCUT2D eigenvalue weighted by Gasteiger charge is 2.22. The van der Waals surface area contributed by atoms with Gasteiger partial charge in [0, 0.05) is 61.8 Å². The Hall–Kier alpha value is -8.35. The Morgan fingerprint density at radius 3 is 1.90 bits per heavy atom. The first-order chi connectivity index (χ1) is 31.1. The third kappa shape index (κ3) is 6.94. The fourth-order valence-corrected chi connectivity index (χ4v) is 8.79. The fraction of sp³-hybridized carbons (Fsp3) is 0.0351. The number of nitrogens with zero attached hydrogens (tertiary/aromatic N) is 3. The molecule has 0 spiro atoms. The van der Waals surface area contributed by atoms with Crippen LogP contribution in [-0.2, 0) is 6.42 Å². The van der Waals surface area contributed by atoms with E-state index in [1.807, 2.05) is 85.8 Å². The van der Waals surface area contributed by atoms with Crippen LogP contribution in [0, 0.1) is 5.41 Å². The maximum Gasteiger partial charge on any atom is 0.161 e. The second-order valence-corrected chi connectivity index (χ2v) is 15.8. The van der Waals surface area contributed by atoms with E-state index in [-0.39, 0.29) is 5.84 Å². The lowest BCUT2D eigenvalue weighted by atomic mass is 9.96. The van der Waals surface area contributed by atoms with Crippen molar-refractivity contribution < 1.29 is 8.83 Å². The average molecular weight is 813 g/mol. The first-order valence-electron chi connectivity index (χ1n) is 21.1. The van der Waals surface area contributed by atoms with Crippen molar-refractivity contribution in [3.05, 3.63) is 228 Å². The first-order valence-corrected chi connectivity index (χ1v) is 21.1. The molecule has 3 aromatic heterocycles. The van der Waals surface area contributed by atoms with Gasteiger partial charge in [0.2, 0.25) is 0 Å². The minimum absolute atomic E-state index is 0.111. The average Bonchev–Trinajstić information content (AvgIpc) is 4.01. The normalized spacial score (nSPS) is 13.0. The van der Waals surface area contributed by atoms with Crippen molar-refractivity contribution in [1.82, 2.24) is 4.57 Å². The van der Waals surface area contributed by atoms with Gasteiger partial charge in [0.05, 0.1) is 11.0 Å². The molecule has 6 nitrogen and oxygen atoms in total. The number of allylic oxidation sites excluding steroid dienone is 3. The van der Waals surface area contributed by atoms with Crippen LogP contribution in [0.25, 0.3) is 77.0 Å². The van der Waals surface area contributed by atoms with Gasteiger partial charge in [-0.15, -0.1) is 0 Å². The summed E-state index contributed by atoms with van der Waals surface area (Å²) in [4.78, 5) is 9.86. The van der Waals surface area contributed by atoms with Gasteiger partial charge in [0.25, 0.3) is 0 Å². The van der Waals surface area contributed by atoms with Gasteiger partial charge in [-0.1, -0.05) is 152 Å². The molecule has 11 aromatic rings. The Morgan fingerprint density at radius 1 is 0.540 bits per heavy atom. The van der Waals surface area contributed by atoms with Crippen LogP contribution in [0.1, 0.15) is 29.2 Å². The van der Waals surface area contributed by atoms with Gasteiger partial charge in [0.1, 0.15) is 28.2 Å². The largest absolute Gasteiger partial charge is 0.456 e. The number of hydrogen-bond acceptors (Lipinski definition) is 3. The number of rotatable bonds is 8. The summed E-state index contributed by atoms with van der Waals surface area (Å²) in [7, 11) is 0. The van der Waals surface area contributed by atoms with E-state index in [4.69, 9.17) is 18.8 Å². The van der Waals surface area contributed by atoms with Crippen molar-refractivity contribution in [1.29, 1.82) is 5.41 Å². The summed E-state index contributed by atoms with van der Waals surface area (Å²) in [6, 6.07) is 66.3. The summed E-state index contributed by atoms with van der Waals surface area (Å²) in [6.07, 6.45) is 4.53. The van der Waals surface area contributed by atoms with Gasteiger partial charge in [-0.05, 0) is 77.7 Å². The zero-order valence-electron chi connectivity index (χ0n) is 34.5. The first kappa shape index (κ1) is 37.6. The Morgan fingerprint density at radius 2 is 1.14 bits per heavy atom. The maximum atomic E-state index is 9.55. The van der Waals surface area contributed by atoms with Crippen molar-refractivity contribution in [3.63, 3.8) is 0 Å². The lowest BCUT2D eigenvalue weighted by Crippen LogP contribution is -2.07. The quantitative estimate of drug-likeness (QED) is 0.0942. The third-order valence-electron chi connectivity index (χ3n) is 11.8. The summed E-state index contributed by atoms with van der Waals surface area (Å²) in [6.45, 7) is 1.96. The van der Waals surface area contributed by atoms with Gasteiger partial charge in [-0.3, -0.25) is 5.41 Å². The zero-order valence-corrected chi connectivity index (χ0v) is 34.5. The predicted octanol–water partition coefficient (Wildman–Crippen LogP) is 14.7. The van der Waals surface area contributed by atoms with Gasteiger partial charge >= 0.3 is 0 Å². The molecular weight excluding hydrogens is 773 g/mol. The fourth-order valence-electron chi connectivity index (χ4n) is 8.79. The highest BCUT2D eigenvalue weighted by atomic mass is 16.3. The van der Waals surface area contributed by atoms with Crippen molar-refractivity contribution in [2.24, 2.45) is 9.98 Å². The number of para-hydroxylation sites is 3. The molecule has 11 rings (SSSR count). The predicted molar refractivity (Wildman–Crippen MR) is 262 cm³/mol. The number of benzene rings is 8. The van der Waals surface area contributed by atoms with E-state index in [0.29, 0.717) is 17.8 Å². The molecule has 0 aliphatic rings. The summed E-state index contributed by atoms with van der Waals surface area (Å²) in [5, 5.41) is 16.2. The van der Waals surface area contributed by atoms with E-state index in [9.17, 15) is 5.41 Å². The van der Waals surface area contributed by atoms with Gasteiger partial charge in [-0.2, -0.15) is 0 Å². The van der Waals surface area contributed by atoms with E-state index in [0.717, 1.165) is 93.6 Å². The Labute approximate surface area is 363 Å². The lowest BCUT2D eigenvalue weighted by Gasteiger charge is -2.19. The Kier molecular flexibility index (Phi) is 9.51. The zero-order chi connectivity index (χ0) is 42.3. The van der Waals surface area contributed by atoms with Crippen LogP contribution in [0.15, 0.2) is 225 Å². The highest BCUT2D eigenvalue weighted by Crippen LogP contribution is 2.43. The number of amidine groups is 2. The van der Waals surface area contributed by atoms with Crippen LogP contribution < -0.4 is 0 Å². The summed E-state index contributed by atoms with van der Waals surface area (Å²) >= 11 is 0. The molecule has 0 aliphatic heterocycles. The molecule has 0 atom stereocenters. The number of furan rings is 2. The van der Waals surface area contributed by atoms with Crippen LogP contribution in [0.4, 0.5) is 0 Å². The third-order valence-corrected chi connectivity index (χ3v) is 11.8. The molecule has 0 saturated heterocycles. The minimum Gasteiger partial charge on any atom is -0.456 e. The van der Waals surface area contributed by atoms with Crippen LogP contribution >= 0.6 is 0 Å². The van der Waals surface area contributed by atoms with Gasteiger partial charge < -0.3 is 13.4 Å².